The number of amides is 1. The van der Waals surface area contributed by atoms with E-state index in [4.69, 9.17) is 11.6 Å². The van der Waals surface area contributed by atoms with Crippen LogP contribution in [0.25, 0.3) is 6.08 Å². The monoisotopic (exact) mass is 314 g/mol. The number of carbonyl (C=O) groups is 1. The molecule has 104 valence electrons. The number of halogens is 1. The van der Waals surface area contributed by atoms with E-state index in [0.717, 1.165) is 27.9 Å². The van der Waals surface area contributed by atoms with Crippen LogP contribution in [-0.2, 0) is 0 Å². The van der Waals surface area contributed by atoms with Crippen molar-refractivity contribution in [3.63, 3.8) is 0 Å². The van der Waals surface area contributed by atoms with Crippen molar-refractivity contribution in [1.82, 2.24) is 5.32 Å². The predicted octanol–water partition coefficient (Wildman–Crippen LogP) is 4.87. The lowest BCUT2D eigenvalue weighted by Crippen LogP contribution is -2.18. The third-order valence-corrected chi connectivity index (χ3v) is 3.89. The zero-order chi connectivity index (χ0) is 14.7. The molecule has 3 nitrogen and oxygen atoms in total. The van der Waals surface area contributed by atoms with E-state index in [-0.39, 0.29) is 5.24 Å². The van der Waals surface area contributed by atoms with Gasteiger partial charge in [-0.1, -0.05) is 41.9 Å². The van der Waals surface area contributed by atoms with Crippen molar-refractivity contribution in [3.8, 4) is 0 Å². The number of carbonyl (C=O) groups excluding carboxylic acids is 1. The number of hydrogen-bond donors (Lipinski definition) is 1. The molecule has 0 spiro atoms. The first kappa shape index (κ1) is 13.9. The standard InChI is InChI=1S/C16H11ClN2OS/c17-12-8-6-11(7-9-12)10-14-15(19-16(20)21-14)18-13-4-2-1-3-5-13/h1-10H,(H,18,19,20)/b14-10-. The molecule has 1 heterocycles. The number of hydrogen-bond acceptors (Lipinski definition) is 3. The van der Waals surface area contributed by atoms with Gasteiger partial charge in [-0.2, -0.15) is 0 Å². The molecule has 21 heavy (non-hydrogen) atoms. The lowest BCUT2D eigenvalue weighted by atomic mass is 10.2. The maximum absolute atomic E-state index is 11.6. The number of rotatable bonds is 2. The van der Waals surface area contributed by atoms with Gasteiger partial charge in [0.2, 0.25) is 0 Å². The van der Waals surface area contributed by atoms with E-state index in [1.165, 1.54) is 0 Å². The average Bonchev–Trinajstić information content (AvgIpc) is 2.82. The molecule has 0 saturated carbocycles. The summed E-state index contributed by atoms with van der Waals surface area (Å²) in [5.41, 5.74) is 1.77. The van der Waals surface area contributed by atoms with Gasteiger partial charge in [-0.15, -0.1) is 0 Å². The summed E-state index contributed by atoms with van der Waals surface area (Å²) >= 11 is 7.01. The maximum atomic E-state index is 11.6. The Morgan fingerprint density at radius 2 is 1.76 bits per heavy atom. The van der Waals surface area contributed by atoms with E-state index in [9.17, 15) is 4.79 Å². The van der Waals surface area contributed by atoms with Crippen molar-refractivity contribution in [2.75, 3.05) is 0 Å². The fourth-order valence-electron chi connectivity index (χ4n) is 1.85. The summed E-state index contributed by atoms with van der Waals surface area (Å²) in [6.45, 7) is 0. The van der Waals surface area contributed by atoms with Crippen LogP contribution in [0, 0.1) is 0 Å². The number of thioether (sulfide) groups is 1. The van der Waals surface area contributed by atoms with Crippen molar-refractivity contribution in [2.24, 2.45) is 4.99 Å². The molecular weight excluding hydrogens is 304 g/mol. The molecule has 1 aliphatic heterocycles. The zero-order valence-electron chi connectivity index (χ0n) is 10.9. The first-order chi connectivity index (χ1) is 10.2. The number of benzene rings is 2. The Balaban J connectivity index is 1.94. The smallest absolute Gasteiger partial charge is 0.289 e. The van der Waals surface area contributed by atoms with Gasteiger partial charge in [0, 0.05) is 5.02 Å². The summed E-state index contributed by atoms with van der Waals surface area (Å²) in [5, 5.41) is 3.33. The van der Waals surface area contributed by atoms with E-state index in [2.05, 4.69) is 10.3 Å². The summed E-state index contributed by atoms with van der Waals surface area (Å²) in [6.07, 6.45) is 1.92. The molecule has 1 aliphatic rings. The third kappa shape index (κ3) is 3.54. The Morgan fingerprint density at radius 3 is 2.48 bits per heavy atom. The second-order valence-electron chi connectivity index (χ2n) is 4.37. The highest BCUT2D eigenvalue weighted by atomic mass is 35.5. The second kappa shape index (κ2) is 6.16. The van der Waals surface area contributed by atoms with Gasteiger partial charge in [0.05, 0.1) is 10.6 Å². The number of aliphatic imine (C=N–C) groups is 1. The minimum atomic E-state index is -0.120. The molecule has 3 rings (SSSR count). The Bertz CT molecular complexity index is 724. The van der Waals surface area contributed by atoms with E-state index in [1.54, 1.807) is 0 Å². The molecule has 0 aromatic heterocycles. The van der Waals surface area contributed by atoms with Crippen LogP contribution in [0.4, 0.5) is 10.5 Å². The molecule has 2 aromatic rings. The van der Waals surface area contributed by atoms with Crippen LogP contribution < -0.4 is 5.32 Å². The largest absolute Gasteiger partial charge is 0.300 e. The Morgan fingerprint density at radius 1 is 1.05 bits per heavy atom. The van der Waals surface area contributed by atoms with E-state index >= 15 is 0 Å². The molecule has 2 aromatic carbocycles. The number of nitrogens with zero attached hydrogens (tertiary/aromatic N) is 1. The number of amidine groups is 1. The van der Waals surface area contributed by atoms with Gasteiger partial charge in [-0.3, -0.25) is 4.79 Å². The summed E-state index contributed by atoms with van der Waals surface area (Å²) < 4.78 is 0. The fraction of sp³-hybridized carbons (Fsp3) is 0. The van der Waals surface area contributed by atoms with Gasteiger partial charge < -0.3 is 5.32 Å². The van der Waals surface area contributed by atoms with Crippen LogP contribution in [0.3, 0.4) is 0 Å². The van der Waals surface area contributed by atoms with Gasteiger partial charge in [-0.05, 0) is 47.7 Å². The molecule has 0 atom stereocenters. The minimum absolute atomic E-state index is 0.120. The van der Waals surface area contributed by atoms with E-state index < -0.39 is 0 Å². The van der Waals surface area contributed by atoms with Gasteiger partial charge >= 0.3 is 0 Å². The van der Waals surface area contributed by atoms with Crippen LogP contribution in [0.2, 0.25) is 5.02 Å². The van der Waals surface area contributed by atoms with Crippen molar-refractivity contribution < 1.29 is 4.79 Å². The van der Waals surface area contributed by atoms with Crippen molar-refractivity contribution >= 4 is 46.2 Å². The van der Waals surface area contributed by atoms with Gasteiger partial charge in [0.1, 0.15) is 5.84 Å². The van der Waals surface area contributed by atoms with Crippen LogP contribution in [0.1, 0.15) is 5.56 Å². The molecule has 0 aliphatic carbocycles. The van der Waals surface area contributed by atoms with Crippen molar-refractivity contribution in [2.45, 2.75) is 0 Å². The highest BCUT2D eigenvalue weighted by Crippen LogP contribution is 2.28. The molecule has 1 N–H and O–H groups in total. The predicted molar refractivity (Wildman–Crippen MR) is 89.1 cm³/mol. The van der Waals surface area contributed by atoms with Crippen molar-refractivity contribution in [3.05, 3.63) is 70.1 Å². The molecule has 5 heteroatoms. The van der Waals surface area contributed by atoms with Gasteiger partial charge in [0.25, 0.3) is 5.24 Å². The fourth-order valence-corrected chi connectivity index (χ4v) is 2.72. The summed E-state index contributed by atoms with van der Waals surface area (Å²) in [7, 11) is 0. The lowest BCUT2D eigenvalue weighted by molar-refractivity contribution is 0.265. The maximum Gasteiger partial charge on any atom is 0.289 e. The summed E-state index contributed by atoms with van der Waals surface area (Å²) in [5.74, 6) is 0.575. The minimum Gasteiger partial charge on any atom is -0.300 e. The number of nitrogens with one attached hydrogen (secondary N) is 1. The SMILES string of the molecule is O=C1NC(=Nc2ccccc2)/C(=C/c2ccc(Cl)cc2)S1. The Labute approximate surface area is 131 Å². The quantitative estimate of drug-likeness (QED) is 0.859. The van der Waals surface area contributed by atoms with Gasteiger partial charge in [-0.25, -0.2) is 4.99 Å². The van der Waals surface area contributed by atoms with Gasteiger partial charge in [0.15, 0.2) is 0 Å². The third-order valence-electron chi connectivity index (χ3n) is 2.82. The summed E-state index contributed by atoms with van der Waals surface area (Å²) in [4.78, 5) is 16.9. The molecular formula is C16H11ClN2OS. The topological polar surface area (TPSA) is 41.5 Å². The highest BCUT2D eigenvalue weighted by Gasteiger charge is 2.23. The molecule has 1 fully saturated rings. The zero-order valence-corrected chi connectivity index (χ0v) is 12.5. The Hall–Kier alpha value is -2.04. The summed E-state index contributed by atoms with van der Waals surface area (Å²) in [6, 6.07) is 17.0. The van der Waals surface area contributed by atoms with Crippen LogP contribution in [0.5, 0.6) is 0 Å². The molecule has 0 radical (unpaired) electrons. The van der Waals surface area contributed by atoms with Crippen LogP contribution in [-0.4, -0.2) is 11.1 Å². The Kier molecular flexibility index (Phi) is 4.08. The van der Waals surface area contributed by atoms with Crippen molar-refractivity contribution in [1.29, 1.82) is 0 Å². The molecule has 1 saturated heterocycles. The highest BCUT2D eigenvalue weighted by molar-refractivity contribution is 8.18. The van der Waals surface area contributed by atoms with Crippen LogP contribution in [0.15, 0.2) is 64.5 Å². The number of para-hydroxylation sites is 1. The van der Waals surface area contributed by atoms with E-state index in [1.807, 2.05) is 60.7 Å². The first-order valence-electron chi connectivity index (χ1n) is 6.31. The molecule has 1 amide bonds. The molecule has 0 bridgehead atoms. The normalized spacial score (nSPS) is 18.2. The van der Waals surface area contributed by atoms with E-state index in [0.29, 0.717) is 10.9 Å². The first-order valence-corrected chi connectivity index (χ1v) is 7.50. The average molecular weight is 315 g/mol. The second-order valence-corrected chi connectivity index (χ2v) is 5.82. The van der Waals surface area contributed by atoms with Crippen LogP contribution >= 0.6 is 23.4 Å². The lowest BCUT2D eigenvalue weighted by Gasteiger charge is -2.00. The molecule has 0 unspecified atom stereocenters.